The highest BCUT2D eigenvalue weighted by atomic mass is 35.5. The van der Waals surface area contributed by atoms with Crippen LogP contribution in [0.4, 0.5) is 0 Å². The van der Waals surface area contributed by atoms with Crippen LogP contribution in [0.15, 0.2) is 39.5 Å². The third kappa shape index (κ3) is 2.53. The molecule has 1 N–H and O–H groups in total. The van der Waals surface area contributed by atoms with E-state index in [0.29, 0.717) is 42.2 Å². The molecule has 3 nitrogen and oxygen atoms in total. The van der Waals surface area contributed by atoms with Gasteiger partial charge >= 0.3 is 4.94 Å². The van der Waals surface area contributed by atoms with Gasteiger partial charge in [0.1, 0.15) is 5.75 Å². The van der Waals surface area contributed by atoms with Crippen LogP contribution in [-0.2, 0) is 0 Å². The van der Waals surface area contributed by atoms with Crippen molar-refractivity contribution in [3.63, 3.8) is 0 Å². The van der Waals surface area contributed by atoms with Crippen LogP contribution in [0.3, 0.4) is 0 Å². The highest BCUT2D eigenvalue weighted by molar-refractivity contribution is 7.17. The van der Waals surface area contributed by atoms with E-state index in [0.717, 1.165) is 22.5 Å². The molecule has 0 fully saturated rings. The molecular weight excluding hydrogens is 379 g/mol. The summed E-state index contributed by atoms with van der Waals surface area (Å²) < 4.78 is 6.00. The van der Waals surface area contributed by atoms with Gasteiger partial charge in [0.05, 0.1) is 4.70 Å². The number of hydrogen-bond acceptors (Lipinski definition) is 4. The molecule has 4 rings (SSSR count). The van der Waals surface area contributed by atoms with E-state index in [1.165, 1.54) is 0 Å². The molecule has 0 aliphatic carbocycles. The summed E-state index contributed by atoms with van der Waals surface area (Å²) in [6.07, 6.45) is 0. The van der Waals surface area contributed by atoms with Gasteiger partial charge in [-0.15, -0.1) is 0 Å². The minimum absolute atomic E-state index is 0.0619. The monoisotopic (exact) mass is 390 g/mol. The summed E-state index contributed by atoms with van der Waals surface area (Å²) >= 11 is 13.4. The number of phenols is 1. The van der Waals surface area contributed by atoms with E-state index in [2.05, 4.69) is 0 Å². The van der Waals surface area contributed by atoms with Crippen LogP contribution >= 0.6 is 34.5 Å². The van der Waals surface area contributed by atoms with Crippen LogP contribution in [0.1, 0.15) is 11.1 Å². The van der Waals surface area contributed by atoms with Crippen LogP contribution in [0.5, 0.6) is 5.75 Å². The first-order chi connectivity index (χ1) is 11.9. The fourth-order valence-electron chi connectivity index (χ4n) is 3.00. The van der Waals surface area contributed by atoms with Crippen LogP contribution in [0.25, 0.3) is 32.2 Å². The Hall–Kier alpha value is -2.01. The molecule has 1 heterocycles. The van der Waals surface area contributed by atoms with Gasteiger partial charge in [-0.25, -0.2) is 4.79 Å². The number of halogens is 2. The number of phenolic OH excluding ortho intramolecular Hbond substituents is 1. The molecule has 126 valence electrons. The van der Waals surface area contributed by atoms with Gasteiger partial charge in [-0.05, 0) is 55.3 Å². The van der Waals surface area contributed by atoms with E-state index in [-0.39, 0.29) is 5.75 Å². The first-order valence-corrected chi connectivity index (χ1v) is 9.09. The Balaban J connectivity index is 2.27. The average Bonchev–Trinajstić information content (AvgIpc) is 2.94. The van der Waals surface area contributed by atoms with E-state index in [1.807, 2.05) is 26.0 Å². The van der Waals surface area contributed by atoms with Crippen molar-refractivity contribution in [2.24, 2.45) is 0 Å². The predicted molar refractivity (Wildman–Crippen MR) is 104 cm³/mol. The van der Waals surface area contributed by atoms with Gasteiger partial charge in [-0.1, -0.05) is 34.5 Å². The van der Waals surface area contributed by atoms with Gasteiger partial charge in [-0.2, -0.15) is 0 Å². The van der Waals surface area contributed by atoms with Crippen molar-refractivity contribution < 1.29 is 9.52 Å². The number of aryl methyl sites for hydroxylation is 2. The maximum absolute atomic E-state index is 11.9. The smallest absolute Gasteiger partial charge is 0.396 e. The van der Waals surface area contributed by atoms with Crippen LogP contribution in [0.2, 0.25) is 10.0 Å². The fourth-order valence-corrected chi connectivity index (χ4v) is 4.23. The lowest BCUT2D eigenvalue weighted by atomic mass is 9.96. The zero-order valence-corrected chi connectivity index (χ0v) is 15.6. The molecule has 0 bridgehead atoms. The molecule has 25 heavy (non-hydrogen) atoms. The van der Waals surface area contributed by atoms with E-state index < -0.39 is 4.94 Å². The van der Waals surface area contributed by atoms with E-state index in [4.69, 9.17) is 27.6 Å². The largest absolute Gasteiger partial charge is 0.507 e. The second-order valence-corrected chi connectivity index (χ2v) is 7.73. The van der Waals surface area contributed by atoms with E-state index in [1.54, 1.807) is 18.2 Å². The average molecular weight is 391 g/mol. The van der Waals surface area contributed by atoms with Gasteiger partial charge < -0.3 is 9.52 Å². The Bertz CT molecular complexity index is 1220. The topological polar surface area (TPSA) is 50.4 Å². The van der Waals surface area contributed by atoms with Crippen molar-refractivity contribution in [1.82, 2.24) is 0 Å². The molecule has 0 aliphatic heterocycles. The number of fused-ring (bicyclic) bond motifs is 3. The Morgan fingerprint density at radius 2 is 1.72 bits per heavy atom. The molecule has 0 atom stereocenters. The molecule has 6 heteroatoms. The van der Waals surface area contributed by atoms with Gasteiger partial charge in [0, 0.05) is 31.9 Å². The van der Waals surface area contributed by atoms with Gasteiger partial charge in [-0.3, -0.25) is 0 Å². The molecule has 0 unspecified atom stereocenters. The molecular formula is C19H12Cl2O3S. The summed E-state index contributed by atoms with van der Waals surface area (Å²) in [7, 11) is 0. The van der Waals surface area contributed by atoms with E-state index in [9.17, 15) is 9.90 Å². The summed E-state index contributed by atoms with van der Waals surface area (Å²) in [6, 6.07) is 8.83. The van der Waals surface area contributed by atoms with Crippen molar-refractivity contribution >= 4 is 55.6 Å². The lowest BCUT2D eigenvalue weighted by Crippen LogP contribution is -1.88. The van der Waals surface area contributed by atoms with Crippen molar-refractivity contribution in [3.8, 4) is 16.9 Å². The van der Waals surface area contributed by atoms with Crippen LogP contribution in [0, 0.1) is 13.8 Å². The maximum Gasteiger partial charge on any atom is 0.396 e. The van der Waals surface area contributed by atoms with E-state index >= 15 is 0 Å². The van der Waals surface area contributed by atoms with Crippen molar-refractivity contribution in [2.75, 3.05) is 0 Å². The summed E-state index contributed by atoms with van der Waals surface area (Å²) in [6.45, 7) is 3.94. The molecule has 0 radical (unpaired) electrons. The second kappa shape index (κ2) is 5.77. The normalized spacial score (nSPS) is 11.5. The third-order valence-electron chi connectivity index (χ3n) is 4.37. The Morgan fingerprint density at radius 3 is 2.44 bits per heavy atom. The number of benzene rings is 3. The Kier molecular flexibility index (Phi) is 3.80. The summed E-state index contributed by atoms with van der Waals surface area (Å²) in [5, 5.41) is 13.2. The zero-order chi connectivity index (χ0) is 17.9. The highest BCUT2D eigenvalue weighted by Gasteiger charge is 2.22. The summed E-state index contributed by atoms with van der Waals surface area (Å²) in [4.78, 5) is 11.5. The molecule has 0 saturated heterocycles. The molecule has 1 aromatic heterocycles. The zero-order valence-electron chi connectivity index (χ0n) is 13.3. The third-order valence-corrected chi connectivity index (χ3v) is 5.78. The Morgan fingerprint density at radius 1 is 1.04 bits per heavy atom. The van der Waals surface area contributed by atoms with Crippen molar-refractivity contribution in [1.29, 1.82) is 0 Å². The van der Waals surface area contributed by atoms with Crippen LogP contribution < -0.4 is 4.94 Å². The molecule has 0 aliphatic rings. The lowest BCUT2D eigenvalue weighted by molar-refractivity contribution is 0.484. The molecule has 4 aromatic rings. The van der Waals surface area contributed by atoms with Gasteiger partial charge in [0.25, 0.3) is 0 Å². The molecule has 0 saturated carbocycles. The Labute approximate surface area is 157 Å². The van der Waals surface area contributed by atoms with Gasteiger partial charge in [0.15, 0.2) is 5.58 Å². The number of aromatic hydroxyl groups is 1. The number of rotatable bonds is 1. The maximum atomic E-state index is 11.9. The van der Waals surface area contributed by atoms with Crippen LogP contribution in [-0.4, -0.2) is 5.11 Å². The quantitative estimate of drug-likeness (QED) is 0.414. The first-order valence-electron chi connectivity index (χ1n) is 7.51. The SMILES string of the molecule is Cc1cc2c(O)c(-c3cc(Cl)ccc3Cl)c3sc(=O)oc3c2cc1C. The second-order valence-electron chi connectivity index (χ2n) is 5.94. The number of hydrogen-bond donors (Lipinski definition) is 1. The highest BCUT2D eigenvalue weighted by Crippen LogP contribution is 2.47. The molecule has 3 aromatic carbocycles. The summed E-state index contributed by atoms with van der Waals surface area (Å²) in [5.74, 6) is 0.0619. The standard InChI is InChI=1S/C19H12Cl2O3S/c1-8-5-11-12(6-9(8)2)17-18(25-19(23)24-17)15(16(11)22)13-7-10(20)3-4-14(13)21/h3-7,22H,1-2H3. The first kappa shape index (κ1) is 16.5. The van der Waals surface area contributed by atoms with Gasteiger partial charge in [0.2, 0.25) is 0 Å². The molecule has 0 amide bonds. The fraction of sp³-hybridized carbons (Fsp3) is 0.105. The minimum atomic E-state index is -0.431. The predicted octanol–water partition coefficient (Wildman–Crippen LogP) is 6.30. The van der Waals surface area contributed by atoms with Crippen molar-refractivity contribution in [2.45, 2.75) is 13.8 Å². The summed E-state index contributed by atoms with van der Waals surface area (Å²) in [5.41, 5.74) is 3.57. The van der Waals surface area contributed by atoms with Crippen molar-refractivity contribution in [3.05, 3.63) is 61.2 Å². The lowest BCUT2D eigenvalue weighted by Gasteiger charge is -2.13. The molecule has 0 spiro atoms. The minimum Gasteiger partial charge on any atom is -0.507 e.